The number of rotatable bonds is 2. The van der Waals surface area contributed by atoms with Crippen LogP contribution in [0.5, 0.6) is 0 Å². The summed E-state index contributed by atoms with van der Waals surface area (Å²) in [5.41, 5.74) is 10.6. The molecule has 0 fully saturated rings. The summed E-state index contributed by atoms with van der Waals surface area (Å²) in [5, 5.41) is 5.50. The molecule has 0 atom stereocenters. The van der Waals surface area contributed by atoms with Crippen LogP contribution in [0.1, 0.15) is 11.1 Å². The maximum Gasteiger partial charge on any atom is 0.0920 e. The third kappa shape index (κ3) is 6.26. The summed E-state index contributed by atoms with van der Waals surface area (Å²) in [7, 11) is 10.7. The van der Waals surface area contributed by atoms with Crippen molar-refractivity contribution < 1.29 is 20.8 Å². The molecule has 0 aromatic heterocycles. The summed E-state index contributed by atoms with van der Waals surface area (Å²) in [6.07, 6.45) is 0. The van der Waals surface area contributed by atoms with Crippen molar-refractivity contribution in [3.8, 4) is 33.4 Å². The van der Waals surface area contributed by atoms with Crippen molar-refractivity contribution in [2.24, 2.45) is 0 Å². The van der Waals surface area contributed by atoms with Crippen LogP contribution in [0.2, 0.25) is 0 Å². The monoisotopic (exact) mass is 634 g/mol. The van der Waals surface area contributed by atoms with Gasteiger partial charge >= 0.3 is 37.9 Å². The summed E-state index contributed by atoms with van der Waals surface area (Å²) >= 11 is -0.826. The fourth-order valence-corrected chi connectivity index (χ4v) is 6.50. The molecule has 0 saturated carbocycles. The van der Waals surface area contributed by atoms with Gasteiger partial charge < -0.3 is 0 Å². The SMILES string of the molecule is Cc1cc2c(-c3ccccc3-c3ccccc3)c(C)ccc2[cH-]1.[Cl][Zr+2][Cl].[c-]1cccc2c1[Si]c1ccccc1-2. The van der Waals surface area contributed by atoms with Gasteiger partial charge in [-0.3, -0.25) is 0 Å². The minimum absolute atomic E-state index is 0.795. The predicted molar refractivity (Wildman–Crippen MR) is 167 cm³/mol. The van der Waals surface area contributed by atoms with Crippen LogP contribution in [-0.4, -0.2) is 9.52 Å². The van der Waals surface area contributed by atoms with Gasteiger partial charge in [0.25, 0.3) is 0 Å². The minimum atomic E-state index is -0.826. The second-order valence-corrected chi connectivity index (χ2v) is 14.4. The number of benzene rings is 5. The molecule has 1 aliphatic rings. The van der Waals surface area contributed by atoms with E-state index in [1.54, 1.807) is 0 Å². The van der Waals surface area contributed by atoms with Crippen LogP contribution in [0.25, 0.3) is 44.2 Å². The van der Waals surface area contributed by atoms with Gasteiger partial charge in [-0.2, -0.15) is 35.5 Å². The molecule has 4 heteroatoms. The van der Waals surface area contributed by atoms with Crippen LogP contribution in [0.15, 0.2) is 121 Å². The van der Waals surface area contributed by atoms with Crippen LogP contribution < -0.4 is 10.4 Å². The third-order valence-corrected chi connectivity index (χ3v) is 8.23. The molecule has 188 valence electrons. The molecule has 6 aromatic carbocycles. The topological polar surface area (TPSA) is 0 Å². The van der Waals surface area contributed by atoms with E-state index in [1.165, 1.54) is 65.7 Å². The number of hydrogen-bond donors (Lipinski definition) is 0. The number of halogens is 2. The fourth-order valence-electron chi connectivity index (χ4n) is 5.20. The molecule has 39 heavy (non-hydrogen) atoms. The Morgan fingerprint density at radius 3 is 2.10 bits per heavy atom. The minimum Gasteiger partial charge on any atom is -0.184 e. The molecule has 0 spiro atoms. The van der Waals surface area contributed by atoms with Crippen LogP contribution >= 0.6 is 17.0 Å². The van der Waals surface area contributed by atoms with Crippen molar-refractivity contribution >= 4 is 47.7 Å². The second kappa shape index (κ2) is 13.2. The van der Waals surface area contributed by atoms with Gasteiger partial charge in [0.2, 0.25) is 0 Å². The van der Waals surface area contributed by atoms with Gasteiger partial charge in [0.05, 0.1) is 9.52 Å². The van der Waals surface area contributed by atoms with Crippen LogP contribution in [0.3, 0.4) is 0 Å². The fraction of sp³-hybridized carbons (Fsp3) is 0.0571. The van der Waals surface area contributed by atoms with E-state index in [1.807, 2.05) is 6.07 Å². The van der Waals surface area contributed by atoms with E-state index < -0.39 is 20.8 Å². The average molecular weight is 637 g/mol. The van der Waals surface area contributed by atoms with Crippen molar-refractivity contribution in [1.29, 1.82) is 0 Å². The Labute approximate surface area is 252 Å². The summed E-state index contributed by atoms with van der Waals surface area (Å²) < 4.78 is 0. The zero-order valence-electron chi connectivity index (χ0n) is 21.8. The molecule has 0 saturated heterocycles. The van der Waals surface area contributed by atoms with Crippen molar-refractivity contribution in [1.82, 2.24) is 0 Å². The quantitative estimate of drug-likeness (QED) is 0.131. The van der Waals surface area contributed by atoms with Crippen LogP contribution in [-0.2, 0) is 20.8 Å². The molecular formula is C35H26Cl2SiZr. The Bertz CT molecular complexity index is 1660. The van der Waals surface area contributed by atoms with E-state index >= 15 is 0 Å². The molecule has 0 N–H and O–H groups in total. The van der Waals surface area contributed by atoms with E-state index in [4.69, 9.17) is 17.0 Å². The van der Waals surface area contributed by atoms with E-state index in [2.05, 4.69) is 135 Å². The van der Waals surface area contributed by atoms with Crippen molar-refractivity contribution in [2.75, 3.05) is 0 Å². The summed E-state index contributed by atoms with van der Waals surface area (Å²) in [4.78, 5) is 0. The Morgan fingerprint density at radius 2 is 1.33 bits per heavy atom. The van der Waals surface area contributed by atoms with Crippen LogP contribution in [0, 0.1) is 19.9 Å². The van der Waals surface area contributed by atoms with Gasteiger partial charge in [0.1, 0.15) is 0 Å². The van der Waals surface area contributed by atoms with Gasteiger partial charge in [-0.05, 0) is 23.6 Å². The van der Waals surface area contributed by atoms with Crippen molar-refractivity contribution in [3.05, 3.63) is 139 Å². The molecule has 6 aromatic rings. The van der Waals surface area contributed by atoms with Gasteiger partial charge in [-0.25, -0.2) is 0 Å². The van der Waals surface area contributed by atoms with Gasteiger partial charge in [-0.1, -0.05) is 108 Å². The van der Waals surface area contributed by atoms with E-state index in [9.17, 15) is 0 Å². The zero-order valence-corrected chi connectivity index (χ0v) is 26.8. The molecular weight excluding hydrogens is 611 g/mol. The first-order chi connectivity index (χ1) is 19.1. The van der Waals surface area contributed by atoms with Gasteiger partial charge in [0.15, 0.2) is 0 Å². The third-order valence-electron chi connectivity index (χ3n) is 6.86. The molecule has 0 amide bonds. The number of fused-ring (bicyclic) bond motifs is 4. The molecule has 0 aliphatic carbocycles. The molecule has 0 bridgehead atoms. The maximum atomic E-state index is 4.93. The van der Waals surface area contributed by atoms with Crippen molar-refractivity contribution in [3.63, 3.8) is 0 Å². The molecule has 0 unspecified atom stereocenters. The van der Waals surface area contributed by atoms with Crippen molar-refractivity contribution in [2.45, 2.75) is 13.8 Å². The molecule has 0 nitrogen and oxygen atoms in total. The Balaban J connectivity index is 0.000000162. The maximum absolute atomic E-state index is 4.93. The molecule has 1 heterocycles. The van der Waals surface area contributed by atoms with Gasteiger partial charge in [-0.15, -0.1) is 40.1 Å². The molecule has 7 rings (SSSR count). The first-order valence-electron chi connectivity index (χ1n) is 12.8. The zero-order chi connectivity index (χ0) is 27.2. The van der Waals surface area contributed by atoms with E-state index in [-0.39, 0.29) is 0 Å². The Hall–Kier alpha value is -2.61. The van der Waals surface area contributed by atoms with Crippen LogP contribution in [0.4, 0.5) is 0 Å². The standard InChI is InChI=1S/C23H19.C12H7Si.2ClH.Zr/c1-16-14-19-13-12-17(2)23(22(19)15-16)21-11-7-6-10-20(21)18-8-4-3-5-9-18;1-3-7-11-9(5-1)10-6-2-4-8-12(10)13-11;;;/h3-15H,1-2H3;1-7H;2*1H;/q2*-1;;;+4/p-2. The number of aryl methyl sites for hydroxylation is 2. The largest absolute Gasteiger partial charge is 0.184 e. The van der Waals surface area contributed by atoms with Gasteiger partial charge in [0, 0.05) is 0 Å². The average Bonchev–Trinajstić information content (AvgIpc) is 3.54. The Morgan fingerprint density at radius 1 is 0.692 bits per heavy atom. The second-order valence-electron chi connectivity index (χ2n) is 9.41. The summed E-state index contributed by atoms with van der Waals surface area (Å²) in [6.45, 7) is 4.38. The van der Waals surface area contributed by atoms with E-state index in [0.717, 1.165) is 9.52 Å². The normalized spacial score (nSPS) is 10.9. The summed E-state index contributed by atoms with van der Waals surface area (Å²) in [6, 6.07) is 46.6. The predicted octanol–water partition coefficient (Wildman–Crippen LogP) is 9.01. The smallest absolute Gasteiger partial charge is 0.0920 e. The first-order valence-corrected chi connectivity index (χ1v) is 20.1. The van der Waals surface area contributed by atoms with E-state index in [0.29, 0.717) is 0 Å². The summed E-state index contributed by atoms with van der Waals surface area (Å²) in [5.74, 6) is 0. The molecule has 1 aliphatic heterocycles. The number of hydrogen-bond acceptors (Lipinski definition) is 0. The molecule has 2 radical (unpaired) electrons. The Kier molecular flexibility index (Phi) is 9.43. The first kappa shape index (κ1) is 27.9.